The molecule has 0 aromatic carbocycles. The van der Waals surface area contributed by atoms with Crippen LogP contribution in [-0.4, -0.2) is 38.9 Å². The lowest BCUT2D eigenvalue weighted by molar-refractivity contribution is -0.0169. The van der Waals surface area contributed by atoms with Crippen molar-refractivity contribution in [3.63, 3.8) is 0 Å². The summed E-state index contributed by atoms with van der Waals surface area (Å²) in [6.45, 7) is 0. The van der Waals surface area contributed by atoms with Crippen molar-refractivity contribution in [3.8, 4) is 0 Å². The minimum atomic E-state index is -1.73. The Bertz CT molecular complexity index is 469. The highest BCUT2D eigenvalue weighted by Crippen LogP contribution is 2.31. The molecule has 0 bridgehead atoms. The van der Waals surface area contributed by atoms with E-state index in [1.54, 1.807) is 0 Å². The Morgan fingerprint density at radius 1 is 1.71 bits per heavy atom. The first kappa shape index (κ1) is 12.3. The molecule has 1 aromatic rings. The van der Waals surface area contributed by atoms with Crippen molar-refractivity contribution in [2.75, 3.05) is 11.6 Å². The highest BCUT2D eigenvalue weighted by atomic mass is 35.5. The summed E-state index contributed by atoms with van der Waals surface area (Å²) in [4.78, 5) is 14.9. The molecule has 1 fully saturated rings. The van der Waals surface area contributed by atoms with E-state index in [1.165, 1.54) is 12.3 Å². The van der Waals surface area contributed by atoms with Crippen LogP contribution in [0, 0.1) is 0 Å². The number of rotatable bonds is 2. The van der Waals surface area contributed by atoms with Crippen LogP contribution in [0.4, 0.5) is 10.2 Å². The van der Waals surface area contributed by atoms with Crippen LogP contribution in [0.3, 0.4) is 0 Å². The average molecular weight is 264 g/mol. The molecule has 0 spiro atoms. The summed E-state index contributed by atoms with van der Waals surface area (Å²) in [5, 5.41) is 9.49. The second-order valence-electron chi connectivity index (χ2n) is 3.70. The molecule has 3 N–H and O–H groups in total. The number of nitrogens with two attached hydrogens (primary N) is 1. The highest BCUT2D eigenvalue weighted by Gasteiger charge is 2.45. The third-order valence-electron chi connectivity index (χ3n) is 2.57. The Kier molecular flexibility index (Phi) is 3.32. The Balaban J connectivity index is 2.32. The Labute approximate surface area is 101 Å². The number of aliphatic hydroxyl groups is 1. The molecule has 1 saturated heterocycles. The summed E-state index contributed by atoms with van der Waals surface area (Å²) in [7, 11) is 0. The van der Waals surface area contributed by atoms with Gasteiger partial charge in [0.05, 0.1) is 5.88 Å². The van der Waals surface area contributed by atoms with Gasteiger partial charge in [-0.15, -0.1) is 11.6 Å². The molecule has 94 valence electrons. The van der Waals surface area contributed by atoms with Crippen LogP contribution in [0.5, 0.6) is 0 Å². The largest absolute Gasteiger partial charge is 0.387 e. The van der Waals surface area contributed by atoms with Crippen LogP contribution in [0.1, 0.15) is 6.23 Å². The van der Waals surface area contributed by atoms with Gasteiger partial charge in [0.15, 0.2) is 12.4 Å². The van der Waals surface area contributed by atoms with Crippen molar-refractivity contribution in [3.05, 3.63) is 22.7 Å². The molecular formula is C9H11ClFN3O3. The van der Waals surface area contributed by atoms with Crippen LogP contribution < -0.4 is 11.4 Å². The Morgan fingerprint density at radius 3 is 2.94 bits per heavy atom. The first-order valence-corrected chi connectivity index (χ1v) is 5.46. The number of nitrogen functional groups attached to an aromatic ring is 1. The summed E-state index contributed by atoms with van der Waals surface area (Å²) in [6, 6.07) is 1.35. The van der Waals surface area contributed by atoms with E-state index in [4.69, 9.17) is 22.1 Å². The van der Waals surface area contributed by atoms with Gasteiger partial charge in [0.1, 0.15) is 18.0 Å². The Morgan fingerprint density at radius 2 is 2.41 bits per heavy atom. The number of alkyl halides is 2. The maximum Gasteiger partial charge on any atom is 0.351 e. The Hall–Kier alpha value is -1.18. The second-order valence-corrected chi connectivity index (χ2v) is 4.01. The molecule has 0 radical (unpaired) electrons. The van der Waals surface area contributed by atoms with Crippen molar-refractivity contribution < 1.29 is 14.2 Å². The molecule has 6 nitrogen and oxygen atoms in total. The van der Waals surface area contributed by atoms with E-state index in [2.05, 4.69) is 4.98 Å². The topological polar surface area (TPSA) is 90.4 Å². The van der Waals surface area contributed by atoms with Gasteiger partial charge in [-0.05, 0) is 6.07 Å². The van der Waals surface area contributed by atoms with Crippen molar-refractivity contribution >= 4 is 17.4 Å². The van der Waals surface area contributed by atoms with Gasteiger partial charge in [-0.1, -0.05) is 0 Å². The minimum absolute atomic E-state index is 0.0362. The first-order chi connectivity index (χ1) is 8.04. The van der Waals surface area contributed by atoms with Gasteiger partial charge >= 0.3 is 5.69 Å². The lowest BCUT2D eigenvalue weighted by Gasteiger charge is -2.15. The highest BCUT2D eigenvalue weighted by molar-refractivity contribution is 6.18. The first-order valence-electron chi connectivity index (χ1n) is 4.93. The number of nitrogens with zero attached hydrogens (tertiary/aromatic N) is 2. The van der Waals surface area contributed by atoms with E-state index in [1.807, 2.05) is 0 Å². The van der Waals surface area contributed by atoms with E-state index < -0.39 is 30.3 Å². The molecule has 1 aromatic heterocycles. The molecule has 0 unspecified atom stereocenters. The van der Waals surface area contributed by atoms with Crippen LogP contribution in [0.2, 0.25) is 0 Å². The molecule has 8 heteroatoms. The van der Waals surface area contributed by atoms with E-state index in [0.717, 1.165) is 4.57 Å². The van der Waals surface area contributed by atoms with E-state index >= 15 is 0 Å². The van der Waals surface area contributed by atoms with Crippen LogP contribution in [-0.2, 0) is 4.74 Å². The third-order valence-corrected chi connectivity index (χ3v) is 2.88. The fraction of sp³-hybridized carbons (Fsp3) is 0.556. The van der Waals surface area contributed by atoms with Gasteiger partial charge in [-0.2, -0.15) is 4.98 Å². The lowest BCUT2D eigenvalue weighted by atomic mass is 10.2. The zero-order chi connectivity index (χ0) is 12.6. The zero-order valence-electron chi connectivity index (χ0n) is 8.66. The molecule has 2 heterocycles. The summed E-state index contributed by atoms with van der Waals surface area (Å²) in [5.74, 6) is -0.0241. The van der Waals surface area contributed by atoms with Gasteiger partial charge in [-0.25, -0.2) is 9.18 Å². The second kappa shape index (κ2) is 4.59. The van der Waals surface area contributed by atoms with Crippen molar-refractivity contribution in [1.82, 2.24) is 9.55 Å². The minimum Gasteiger partial charge on any atom is -0.387 e. The summed E-state index contributed by atoms with van der Waals surface area (Å²) >= 11 is 5.51. The summed E-state index contributed by atoms with van der Waals surface area (Å²) in [6.07, 6.45) is -3.90. The van der Waals surface area contributed by atoms with Gasteiger partial charge in [-0.3, -0.25) is 4.57 Å². The normalized spacial score (nSPS) is 32.9. The predicted molar refractivity (Wildman–Crippen MR) is 58.4 cm³/mol. The molecule has 1 aliphatic heterocycles. The lowest BCUT2D eigenvalue weighted by Crippen LogP contribution is -2.33. The molecule has 0 aliphatic carbocycles. The number of anilines is 1. The maximum absolute atomic E-state index is 13.7. The maximum atomic E-state index is 13.7. The van der Waals surface area contributed by atoms with Crippen LogP contribution in [0.15, 0.2) is 17.1 Å². The molecule has 2 rings (SSSR count). The summed E-state index contributed by atoms with van der Waals surface area (Å²) < 4.78 is 19.8. The SMILES string of the molecule is Nc1ccn([C@@H]2O[C@@H](CCl)[C@@H](O)[C@H]2F)c(=O)n1. The number of hydrogen-bond donors (Lipinski definition) is 2. The van der Waals surface area contributed by atoms with Gasteiger partial charge in [0, 0.05) is 6.20 Å². The van der Waals surface area contributed by atoms with Crippen LogP contribution >= 0.6 is 11.6 Å². The van der Waals surface area contributed by atoms with Gasteiger partial charge in [0.25, 0.3) is 0 Å². The van der Waals surface area contributed by atoms with Crippen molar-refractivity contribution in [2.45, 2.75) is 24.6 Å². The number of aromatic nitrogens is 2. The quantitative estimate of drug-likeness (QED) is 0.713. The average Bonchev–Trinajstić information content (AvgIpc) is 2.57. The molecule has 17 heavy (non-hydrogen) atoms. The fourth-order valence-electron chi connectivity index (χ4n) is 1.67. The molecular weight excluding hydrogens is 253 g/mol. The predicted octanol–water partition coefficient (Wildman–Crippen LogP) is -0.339. The molecule has 0 amide bonds. The molecule has 4 atom stereocenters. The summed E-state index contributed by atoms with van der Waals surface area (Å²) in [5.41, 5.74) is 4.58. The van der Waals surface area contributed by atoms with E-state index in [-0.39, 0.29) is 11.7 Å². The van der Waals surface area contributed by atoms with Crippen LogP contribution in [0.25, 0.3) is 0 Å². The standard InChI is InChI=1S/C9H11ClFN3O3/c10-3-4-7(15)6(11)8(17-4)14-2-1-5(12)13-9(14)16/h1-2,4,6-8,15H,3H2,(H2,12,13,16)/t4-,6+,7+,8+/m0/s1. The van der Waals surface area contributed by atoms with E-state index in [9.17, 15) is 14.3 Å². The van der Waals surface area contributed by atoms with Gasteiger partial charge < -0.3 is 15.6 Å². The van der Waals surface area contributed by atoms with Crippen molar-refractivity contribution in [2.24, 2.45) is 0 Å². The smallest absolute Gasteiger partial charge is 0.351 e. The van der Waals surface area contributed by atoms with Gasteiger partial charge in [0.2, 0.25) is 0 Å². The molecule has 1 aliphatic rings. The number of ether oxygens (including phenoxy) is 1. The zero-order valence-corrected chi connectivity index (χ0v) is 9.42. The number of hydrogen-bond acceptors (Lipinski definition) is 5. The number of aliphatic hydroxyl groups excluding tert-OH is 1. The monoisotopic (exact) mass is 263 g/mol. The number of halogens is 2. The molecule has 0 saturated carbocycles. The van der Waals surface area contributed by atoms with Crippen molar-refractivity contribution in [1.29, 1.82) is 0 Å². The fourth-order valence-corrected chi connectivity index (χ4v) is 1.93. The van der Waals surface area contributed by atoms with E-state index in [0.29, 0.717) is 0 Å². The third kappa shape index (κ3) is 2.13.